The van der Waals surface area contributed by atoms with Crippen molar-refractivity contribution in [2.45, 2.75) is 25.7 Å². The molecule has 0 aromatic heterocycles. The lowest BCUT2D eigenvalue weighted by molar-refractivity contribution is -0.143. The maximum Gasteiger partial charge on any atom is 0.337 e. The number of alkyl halides is 4. The summed E-state index contributed by atoms with van der Waals surface area (Å²) in [6.07, 6.45) is 2.42. The molecule has 0 heterocycles. The molecule has 4 aromatic carbocycles. The Morgan fingerprint density at radius 2 is 0.848 bits per heavy atom. The third kappa shape index (κ3) is 7.34. The lowest BCUT2D eigenvalue weighted by Crippen LogP contribution is -2.44. The fourth-order valence-electron chi connectivity index (χ4n) is 4.82. The summed E-state index contributed by atoms with van der Waals surface area (Å²) in [5, 5.41) is 0. The normalized spacial score (nSPS) is 12.4. The SMILES string of the molecule is C=C(C(F)(F)C(=O)/C(=C/N(CC)c1ccccc1)c1ccccc1)C(F)(F)C(=O)/C(=C/N(CC)c1ccccc1)c1ccccc1. The third-order valence-electron chi connectivity index (χ3n) is 7.41. The average molecular weight is 627 g/mol. The van der Waals surface area contributed by atoms with Crippen molar-refractivity contribution in [1.82, 2.24) is 0 Å². The molecule has 46 heavy (non-hydrogen) atoms. The van der Waals surface area contributed by atoms with Gasteiger partial charge in [0.05, 0.1) is 5.57 Å². The van der Waals surface area contributed by atoms with Crippen molar-refractivity contribution in [2.75, 3.05) is 22.9 Å². The van der Waals surface area contributed by atoms with Crippen LogP contribution in [0.25, 0.3) is 11.1 Å². The van der Waals surface area contributed by atoms with E-state index in [2.05, 4.69) is 6.58 Å². The Morgan fingerprint density at radius 3 is 1.13 bits per heavy atom. The molecule has 0 N–H and O–H groups in total. The summed E-state index contributed by atoms with van der Waals surface area (Å²) in [4.78, 5) is 30.4. The van der Waals surface area contributed by atoms with Crippen LogP contribution in [0.2, 0.25) is 0 Å². The molecule has 0 radical (unpaired) electrons. The Morgan fingerprint density at radius 1 is 0.565 bits per heavy atom. The van der Waals surface area contributed by atoms with Crippen molar-refractivity contribution < 1.29 is 27.2 Å². The van der Waals surface area contributed by atoms with E-state index in [0.29, 0.717) is 11.4 Å². The van der Waals surface area contributed by atoms with Crippen molar-refractivity contribution in [3.05, 3.63) is 157 Å². The lowest BCUT2D eigenvalue weighted by atomic mass is 9.88. The Bertz CT molecular complexity index is 1580. The summed E-state index contributed by atoms with van der Waals surface area (Å²) in [6.45, 7) is 7.07. The highest BCUT2D eigenvalue weighted by atomic mass is 19.3. The van der Waals surface area contributed by atoms with Gasteiger partial charge in [-0.3, -0.25) is 9.59 Å². The fourth-order valence-corrected chi connectivity index (χ4v) is 4.82. The number of carbonyl (C=O) groups is 2. The van der Waals surface area contributed by atoms with E-state index in [0.717, 1.165) is 0 Å². The first-order chi connectivity index (χ1) is 22.0. The number of benzene rings is 4. The molecule has 0 aliphatic carbocycles. The number of Topliss-reactive ketones (excluding diaryl/α,β-unsaturated/α-hetero) is 2. The first-order valence-electron chi connectivity index (χ1n) is 14.7. The lowest BCUT2D eigenvalue weighted by Gasteiger charge is -2.28. The summed E-state index contributed by atoms with van der Waals surface area (Å²) in [7, 11) is 0. The largest absolute Gasteiger partial charge is 0.348 e. The van der Waals surface area contributed by atoms with E-state index in [1.54, 1.807) is 121 Å². The van der Waals surface area contributed by atoms with E-state index in [9.17, 15) is 9.59 Å². The number of allylic oxidation sites excluding steroid dienone is 3. The number of hydrogen-bond acceptors (Lipinski definition) is 4. The molecule has 0 aliphatic heterocycles. The smallest absolute Gasteiger partial charge is 0.337 e. The molecular weight excluding hydrogens is 592 g/mol. The molecule has 4 aromatic rings. The monoisotopic (exact) mass is 626 g/mol. The van der Waals surface area contributed by atoms with Gasteiger partial charge >= 0.3 is 11.8 Å². The minimum atomic E-state index is -4.82. The van der Waals surface area contributed by atoms with Crippen molar-refractivity contribution in [1.29, 1.82) is 0 Å². The molecule has 0 saturated carbocycles. The summed E-state index contributed by atoms with van der Waals surface area (Å²) in [5.74, 6) is -13.4. The maximum absolute atomic E-state index is 16.0. The van der Waals surface area contributed by atoms with Gasteiger partial charge in [-0.2, -0.15) is 17.6 Å². The topological polar surface area (TPSA) is 40.6 Å². The standard InChI is InChI=1S/C38H34F4N2O2/c1-4-43(31-22-14-8-15-23-31)26-33(29-18-10-6-11-19-29)35(45)37(39,40)28(3)38(41,42)36(46)34(30-20-12-7-13-21-30)27-44(5-2)32-24-16-9-17-25-32/h6-27H,3-5H2,1-2H3/b33-26+,34-27+. The number of rotatable bonds is 14. The second-order valence-corrected chi connectivity index (χ2v) is 10.3. The third-order valence-corrected chi connectivity index (χ3v) is 7.41. The molecule has 8 heteroatoms. The molecule has 0 unspecified atom stereocenters. The van der Waals surface area contributed by atoms with Crippen LogP contribution in [0.4, 0.5) is 28.9 Å². The molecule has 236 valence electrons. The Kier molecular flexibility index (Phi) is 10.7. The van der Waals surface area contributed by atoms with Crippen LogP contribution >= 0.6 is 0 Å². The van der Waals surface area contributed by atoms with Crippen LogP contribution in [0.3, 0.4) is 0 Å². The predicted octanol–water partition coefficient (Wildman–Crippen LogP) is 9.09. The van der Waals surface area contributed by atoms with Crippen molar-refractivity contribution in [3.63, 3.8) is 0 Å². The number of nitrogens with zero attached hydrogens (tertiary/aromatic N) is 2. The Labute approximate surface area is 266 Å². The van der Waals surface area contributed by atoms with E-state index < -0.39 is 40.1 Å². The van der Waals surface area contributed by atoms with Gasteiger partial charge in [-0.25, -0.2) is 0 Å². The minimum absolute atomic E-state index is 0.0929. The van der Waals surface area contributed by atoms with Gasteiger partial charge in [0.2, 0.25) is 11.6 Å². The molecule has 4 nitrogen and oxygen atoms in total. The predicted molar refractivity (Wildman–Crippen MR) is 177 cm³/mol. The Hall–Kier alpha value is -5.24. The first-order valence-corrected chi connectivity index (χ1v) is 14.7. The summed E-state index contributed by atoms with van der Waals surface area (Å²) in [6, 6.07) is 32.6. The van der Waals surface area contributed by atoms with Crippen molar-refractivity contribution in [2.24, 2.45) is 0 Å². The second-order valence-electron chi connectivity index (χ2n) is 10.3. The van der Waals surface area contributed by atoms with Gasteiger partial charge in [-0.1, -0.05) is 104 Å². The first kappa shape index (κ1) is 33.6. The van der Waals surface area contributed by atoms with Gasteiger partial charge in [-0.15, -0.1) is 0 Å². The van der Waals surface area contributed by atoms with Crippen LogP contribution in [0.1, 0.15) is 25.0 Å². The summed E-state index contributed by atoms with van der Waals surface area (Å²) >= 11 is 0. The molecule has 0 saturated heterocycles. The molecule has 0 spiro atoms. The highest BCUT2D eigenvalue weighted by Crippen LogP contribution is 2.42. The number of carbonyl (C=O) groups excluding carboxylic acids is 2. The molecule has 4 rings (SSSR count). The van der Waals surface area contributed by atoms with Gasteiger partial charge in [0.1, 0.15) is 0 Å². The zero-order valence-corrected chi connectivity index (χ0v) is 25.5. The Balaban J connectivity index is 1.77. The minimum Gasteiger partial charge on any atom is -0.348 e. The highest BCUT2D eigenvalue weighted by Gasteiger charge is 2.58. The number of hydrogen-bond donors (Lipinski definition) is 0. The fraction of sp³-hybridized carbons (Fsp3) is 0.158. The quantitative estimate of drug-likeness (QED) is 0.0796. The molecule has 0 fully saturated rings. The maximum atomic E-state index is 16.0. The highest BCUT2D eigenvalue weighted by molar-refractivity contribution is 6.28. The average Bonchev–Trinajstić information content (AvgIpc) is 3.10. The summed E-state index contributed by atoms with van der Waals surface area (Å²) in [5.41, 5.74) is -1.74. The molecular formula is C38H34F4N2O2. The second kappa shape index (κ2) is 14.7. The number of ketones is 2. The van der Waals surface area contributed by atoms with Crippen molar-refractivity contribution >= 4 is 34.1 Å². The van der Waals surface area contributed by atoms with E-state index in [1.165, 1.54) is 36.7 Å². The number of halogens is 4. The number of anilines is 2. The zero-order chi connectivity index (χ0) is 33.3. The van der Waals surface area contributed by atoms with Crippen LogP contribution < -0.4 is 9.80 Å². The molecule has 0 aliphatic rings. The van der Waals surface area contributed by atoms with Crippen LogP contribution in [0.5, 0.6) is 0 Å². The van der Waals surface area contributed by atoms with E-state index >= 15 is 17.6 Å². The van der Waals surface area contributed by atoms with Gasteiger partial charge in [0.15, 0.2) is 0 Å². The zero-order valence-electron chi connectivity index (χ0n) is 25.5. The summed E-state index contributed by atoms with van der Waals surface area (Å²) < 4.78 is 64.2. The van der Waals surface area contributed by atoms with Crippen LogP contribution in [0.15, 0.2) is 146 Å². The van der Waals surface area contributed by atoms with E-state index in [4.69, 9.17) is 0 Å². The van der Waals surface area contributed by atoms with Gasteiger partial charge in [0.25, 0.3) is 0 Å². The molecule has 0 atom stereocenters. The van der Waals surface area contributed by atoms with Crippen LogP contribution in [-0.2, 0) is 9.59 Å². The number of para-hydroxylation sites is 2. The molecule has 0 amide bonds. The van der Waals surface area contributed by atoms with Gasteiger partial charge in [-0.05, 0) is 49.2 Å². The van der Waals surface area contributed by atoms with E-state index in [-0.39, 0.29) is 24.2 Å². The van der Waals surface area contributed by atoms with Crippen LogP contribution in [-0.4, -0.2) is 36.5 Å². The van der Waals surface area contributed by atoms with Gasteiger partial charge < -0.3 is 9.80 Å². The van der Waals surface area contributed by atoms with Crippen molar-refractivity contribution in [3.8, 4) is 0 Å². The van der Waals surface area contributed by atoms with Crippen LogP contribution in [0, 0.1) is 0 Å². The van der Waals surface area contributed by atoms with E-state index in [1.807, 2.05) is 0 Å². The molecule has 0 bridgehead atoms. The van der Waals surface area contributed by atoms with Gasteiger partial charge in [0, 0.05) is 48.0 Å².